The van der Waals surface area contributed by atoms with Crippen molar-refractivity contribution in [1.29, 1.82) is 0 Å². The second-order valence-corrected chi connectivity index (χ2v) is 6.43. The summed E-state index contributed by atoms with van der Waals surface area (Å²) in [7, 11) is 0. The predicted molar refractivity (Wildman–Crippen MR) is 73.9 cm³/mol. The van der Waals surface area contributed by atoms with Crippen LogP contribution < -0.4 is 5.73 Å². The first-order chi connectivity index (χ1) is 8.40. The molecule has 0 radical (unpaired) electrons. The monoisotopic (exact) mass is 249 g/mol. The molecule has 18 heavy (non-hydrogen) atoms. The molecule has 2 N–H and O–H groups in total. The third kappa shape index (κ3) is 2.74. The zero-order valence-electron chi connectivity index (χ0n) is 11.7. The summed E-state index contributed by atoms with van der Waals surface area (Å²) >= 11 is 0. The lowest BCUT2D eigenvalue weighted by Gasteiger charge is -2.32. The van der Waals surface area contributed by atoms with Gasteiger partial charge in [0, 0.05) is 6.04 Å². The lowest BCUT2D eigenvalue weighted by atomic mass is 9.76. The molecule has 2 heteroatoms. The Balaban J connectivity index is 2.09. The Labute approximate surface area is 110 Å². The van der Waals surface area contributed by atoms with E-state index in [4.69, 9.17) is 5.73 Å². The Kier molecular flexibility index (Phi) is 3.76. The predicted octanol–water partition coefficient (Wildman–Crippen LogP) is 3.83. The largest absolute Gasteiger partial charge is 0.327 e. The van der Waals surface area contributed by atoms with Crippen LogP contribution in [0, 0.1) is 24.1 Å². The Morgan fingerprint density at radius 3 is 2.72 bits per heavy atom. The summed E-state index contributed by atoms with van der Waals surface area (Å²) in [6.07, 6.45) is 4.65. The Morgan fingerprint density at radius 1 is 1.44 bits per heavy atom. The third-order valence-corrected chi connectivity index (χ3v) is 4.62. The fourth-order valence-corrected chi connectivity index (χ4v) is 3.43. The van der Waals surface area contributed by atoms with E-state index in [0.717, 1.165) is 12.0 Å². The summed E-state index contributed by atoms with van der Waals surface area (Å²) in [6, 6.07) is 5.20. The Hall–Kier alpha value is -0.890. The topological polar surface area (TPSA) is 26.0 Å². The van der Waals surface area contributed by atoms with Crippen molar-refractivity contribution in [2.75, 3.05) is 0 Å². The average molecular weight is 249 g/mol. The molecule has 0 bridgehead atoms. The number of hydrogen-bond acceptors (Lipinski definition) is 1. The van der Waals surface area contributed by atoms with E-state index >= 15 is 0 Å². The van der Waals surface area contributed by atoms with Gasteiger partial charge in [0.25, 0.3) is 0 Å². The maximum absolute atomic E-state index is 13.1. The van der Waals surface area contributed by atoms with E-state index in [1.807, 2.05) is 13.0 Å². The highest BCUT2D eigenvalue weighted by molar-refractivity contribution is 5.27. The van der Waals surface area contributed by atoms with Crippen LogP contribution in [0.25, 0.3) is 0 Å². The van der Waals surface area contributed by atoms with E-state index in [-0.39, 0.29) is 11.9 Å². The van der Waals surface area contributed by atoms with Gasteiger partial charge in [-0.3, -0.25) is 0 Å². The molecule has 1 nitrogen and oxygen atoms in total. The van der Waals surface area contributed by atoms with Gasteiger partial charge >= 0.3 is 0 Å². The maximum Gasteiger partial charge on any atom is 0.123 e. The van der Waals surface area contributed by atoms with Crippen LogP contribution in [-0.2, 0) is 6.42 Å². The SMILES string of the molecule is Cc1cc(F)ccc1CC(N)C1CCCC1(C)C. The first kappa shape index (κ1) is 13.5. The van der Waals surface area contributed by atoms with E-state index in [2.05, 4.69) is 13.8 Å². The van der Waals surface area contributed by atoms with Crippen LogP contribution in [0.3, 0.4) is 0 Å². The summed E-state index contributed by atoms with van der Waals surface area (Å²) in [5, 5.41) is 0. The summed E-state index contributed by atoms with van der Waals surface area (Å²) in [5.41, 5.74) is 8.96. The molecule has 1 fully saturated rings. The van der Waals surface area contributed by atoms with Crippen LogP contribution in [0.15, 0.2) is 18.2 Å². The van der Waals surface area contributed by atoms with Crippen LogP contribution >= 0.6 is 0 Å². The first-order valence-corrected chi connectivity index (χ1v) is 6.91. The summed E-state index contributed by atoms with van der Waals surface area (Å²) in [6.45, 7) is 6.61. The van der Waals surface area contributed by atoms with E-state index in [1.54, 1.807) is 6.07 Å². The number of aryl methyl sites for hydroxylation is 1. The highest BCUT2D eigenvalue weighted by atomic mass is 19.1. The molecule has 2 unspecified atom stereocenters. The molecule has 1 saturated carbocycles. The van der Waals surface area contributed by atoms with Gasteiger partial charge in [-0.25, -0.2) is 4.39 Å². The van der Waals surface area contributed by atoms with Crippen molar-refractivity contribution < 1.29 is 4.39 Å². The van der Waals surface area contributed by atoms with Gasteiger partial charge in [-0.15, -0.1) is 0 Å². The molecule has 1 aromatic carbocycles. The normalized spacial score (nSPS) is 24.2. The molecule has 0 spiro atoms. The molecule has 0 heterocycles. The number of nitrogens with two attached hydrogens (primary N) is 1. The smallest absolute Gasteiger partial charge is 0.123 e. The van der Waals surface area contributed by atoms with Gasteiger partial charge < -0.3 is 5.73 Å². The lowest BCUT2D eigenvalue weighted by molar-refractivity contribution is 0.220. The van der Waals surface area contributed by atoms with E-state index < -0.39 is 0 Å². The quantitative estimate of drug-likeness (QED) is 0.865. The Morgan fingerprint density at radius 2 is 2.17 bits per heavy atom. The van der Waals surface area contributed by atoms with Gasteiger partial charge in [0.15, 0.2) is 0 Å². The van der Waals surface area contributed by atoms with Crippen molar-refractivity contribution in [2.45, 2.75) is 52.5 Å². The molecule has 1 aliphatic carbocycles. The lowest BCUT2D eigenvalue weighted by Crippen LogP contribution is -2.38. The molecule has 2 atom stereocenters. The van der Waals surface area contributed by atoms with E-state index in [1.165, 1.54) is 30.9 Å². The van der Waals surface area contributed by atoms with Gasteiger partial charge in [0.05, 0.1) is 0 Å². The number of halogens is 1. The van der Waals surface area contributed by atoms with Gasteiger partial charge in [-0.05, 0) is 60.8 Å². The maximum atomic E-state index is 13.1. The van der Waals surface area contributed by atoms with Crippen molar-refractivity contribution in [2.24, 2.45) is 17.1 Å². The van der Waals surface area contributed by atoms with Crippen LogP contribution in [0.1, 0.15) is 44.2 Å². The van der Waals surface area contributed by atoms with Gasteiger partial charge in [-0.1, -0.05) is 26.3 Å². The van der Waals surface area contributed by atoms with Crippen LogP contribution in [0.4, 0.5) is 4.39 Å². The summed E-state index contributed by atoms with van der Waals surface area (Å²) in [5.74, 6) is 0.424. The van der Waals surface area contributed by atoms with Crippen molar-refractivity contribution in [3.05, 3.63) is 35.1 Å². The standard InChI is InChI=1S/C16H24FN/c1-11-9-13(17)7-6-12(11)10-15(18)14-5-4-8-16(14,2)3/h6-7,9,14-15H,4-5,8,10,18H2,1-3H3. The fraction of sp³-hybridized carbons (Fsp3) is 0.625. The van der Waals surface area contributed by atoms with Crippen LogP contribution in [-0.4, -0.2) is 6.04 Å². The zero-order valence-corrected chi connectivity index (χ0v) is 11.7. The first-order valence-electron chi connectivity index (χ1n) is 6.91. The van der Waals surface area contributed by atoms with Crippen molar-refractivity contribution in [3.63, 3.8) is 0 Å². The Bertz CT molecular complexity index is 425. The second-order valence-electron chi connectivity index (χ2n) is 6.43. The van der Waals surface area contributed by atoms with Gasteiger partial charge in [0.2, 0.25) is 0 Å². The minimum Gasteiger partial charge on any atom is -0.327 e. The average Bonchev–Trinajstić information content (AvgIpc) is 2.62. The van der Waals surface area contributed by atoms with Crippen molar-refractivity contribution in [3.8, 4) is 0 Å². The molecular weight excluding hydrogens is 225 g/mol. The molecule has 0 amide bonds. The van der Waals surface area contributed by atoms with Gasteiger partial charge in [-0.2, -0.15) is 0 Å². The molecule has 0 aromatic heterocycles. The minimum absolute atomic E-state index is 0.161. The molecule has 0 aliphatic heterocycles. The van der Waals surface area contributed by atoms with E-state index in [9.17, 15) is 4.39 Å². The highest BCUT2D eigenvalue weighted by Crippen LogP contribution is 2.44. The molecule has 100 valence electrons. The van der Waals surface area contributed by atoms with Crippen molar-refractivity contribution in [1.82, 2.24) is 0 Å². The summed E-state index contributed by atoms with van der Waals surface area (Å²) in [4.78, 5) is 0. The van der Waals surface area contributed by atoms with Crippen LogP contribution in [0.5, 0.6) is 0 Å². The molecule has 1 aromatic rings. The molecule has 2 rings (SSSR count). The highest BCUT2D eigenvalue weighted by Gasteiger charge is 2.37. The molecule has 1 aliphatic rings. The van der Waals surface area contributed by atoms with Crippen molar-refractivity contribution >= 4 is 0 Å². The van der Waals surface area contributed by atoms with Crippen LogP contribution in [0.2, 0.25) is 0 Å². The third-order valence-electron chi connectivity index (χ3n) is 4.62. The van der Waals surface area contributed by atoms with Gasteiger partial charge in [0.1, 0.15) is 5.82 Å². The minimum atomic E-state index is -0.161. The number of hydrogen-bond donors (Lipinski definition) is 1. The zero-order chi connectivity index (χ0) is 13.3. The molecular formula is C16H24FN. The number of benzene rings is 1. The number of rotatable bonds is 3. The summed E-state index contributed by atoms with van der Waals surface area (Å²) < 4.78 is 13.1. The fourth-order valence-electron chi connectivity index (χ4n) is 3.43. The molecule has 0 saturated heterocycles. The van der Waals surface area contributed by atoms with E-state index in [0.29, 0.717) is 11.3 Å². The second kappa shape index (κ2) is 5.00.